The molecule has 1 heterocycles. The van der Waals surface area contributed by atoms with Gasteiger partial charge in [-0.15, -0.1) is 11.8 Å². The Balaban J connectivity index is 2.32. The van der Waals surface area contributed by atoms with Gasteiger partial charge in [0.05, 0.1) is 7.11 Å². The number of hydrogen-bond donors (Lipinski definition) is 0. The Kier molecular flexibility index (Phi) is 4.85. The number of carbonyl (C=O) groups excluding carboxylic acids is 2. The number of methoxy groups -OCH3 is 1. The molecule has 0 aromatic rings. The fourth-order valence-corrected chi connectivity index (χ4v) is 2.58. The lowest BCUT2D eigenvalue weighted by Gasteiger charge is -2.11. The summed E-state index contributed by atoms with van der Waals surface area (Å²) in [6.45, 7) is 1.28. The molecule has 3 atom stereocenters. The van der Waals surface area contributed by atoms with Gasteiger partial charge in [0.15, 0.2) is 5.44 Å². The molecule has 0 saturated carbocycles. The van der Waals surface area contributed by atoms with Crippen molar-refractivity contribution in [2.75, 3.05) is 13.7 Å². The van der Waals surface area contributed by atoms with Crippen LogP contribution in [0.15, 0.2) is 0 Å². The zero-order chi connectivity index (χ0) is 12.1. The molecule has 1 saturated heterocycles. The zero-order valence-electron chi connectivity index (χ0n) is 8.97. The minimum Gasteiger partial charge on any atom is -0.448 e. The second-order valence-electron chi connectivity index (χ2n) is 3.25. The van der Waals surface area contributed by atoms with Crippen LogP contribution in [0.25, 0.3) is 0 Å². The summed E-state index contributed by atoms with van der Waals surface area (Å²) in [7, 11) is 1.20. The number of thioether (sulfide) groups is 1. The number of rotatable bonds is 3. The quantitative estimate of drug-likeness (QED) is 0.709. The van der Waals surface area contributed by atoms with Crippen molar-refractivity contribution in [2.45, 2.75) is 30.2 Å². The lowest BCUT2D eigenvalue weighted by molar-refractivity contribution is -0.144. The van der Waals surface area contributed by atoms with E-state index in [9.17, 15) is 14.0 Å². The van der Waals surface area contributed by atoms with Gasteiger partial charge in [-0.25, -0.2) is 9.18 Å². The normalized spacial score (nSPS) is 28.6. The number of halogens is 1. The van der Waals surface area contributed by atoms with Gasteiger partial charge in [-0.3, -0.25) is 4.79 Å². The van der Waals surface area contributed by atoms with Gasteiger partial charge in [-0.2, -0.15) is 0 Å². The minimum atomic E-state index is -1.22. The van der Waals surface area contributed by atoms with E-state index in [-0.39, 0.29) is 18.3 Å². The average molecular weight is 252 g/mol. The average Bonchev–Trinajstić information content (AvgIpc) is 2.55. The first kappa shape index (κ1) is 13.1. The van der Waals surface area contributed by atoms with Crippen LogP contribution >= 0.6 is 11.8 Å². The summed E-state index contributed by atoms with van der Waals surface area (Å²) in [6, 6.07) is 0. The van der Waals surface area contributed by atoms with Crippen molar-refractivity contribution in [2.24, 2.45) is 0 Å². The predicted octanol–water partition coefficient (Wildman–Crippen LogP) is 1.50. The molecule has 5 nitrogen and oxygen atoms in total. The van der Waals surface area contributed by atoms with Gasteiger partial charge in [0.25, 0.3) is 0 Å². The molecule has 16 heavy (non-hydrogen) atoms. The van der Waals surface area contributed by atoms with E-state index in [1.54, 1.807) is 0 Å². The van der Waals surface area contributed by atoms with Crippen molar-refractivity contribution in [3.05, 3.63) is 0 Å². The zero-order valence-corrected chi connectivity index (χ0v) is 9.79. The molecule has 1 rings (SSSR count). The van der Waals surface area contributed by atoms with Gasteiger partial charge in [-0.1, -0.05) is 0 Å². The summed E-state index contributed by atoms with van der Waals surface area (Å²) in [4.78, 5) is 21.3. The maximum absolute atomic E-state index is 13.3. The van der Waals surface area contributed by atoms with Crippen molar-refractivity contribution in [3.8, 4) is 0 Å². The number of hydrogen-bond acceptors (Lipinski definition) is 6. The highest BCUT2D eigenvalue weighted by Crippen LogP contribution is 2.36. The third-order valence-corrected chi connectivity index (χ3v) is 3.32. The standard InChI is InChI=1S/C9H13FO5S/c1-5(11)15-8-7(10)3-6(16-8)4-14-9(12)13-2/h6-8H,3-4H2,1-2H3. The summed E-state index contributed by atoms with van der Waals surface area (Å²) in [5.74, 6) is -0.519. The van der Waals surface area contributed by atoms with Gasteiger partial charge in [-0.05, 0) is 6.42 Å². The summed E-state index contributed by atoms with van der Waals surface area (Å²) in [5.41, 5.74) is -0.802. The molecule has 1 fully saturated rings. The van der Waals surface area contributed by atoms with Crippen molar-refractivity contribution >= 4 is 23.9 Å². The van der Waals surface area contributed by atoms with Crippen LogP contribution in [-0.4, -0.2) is 42.7 Å². The fourth-order valence-electron chi connectivity index (χ4n) is 1.29. The van der Waals surface area contributed by atoms with E-state index in [4.69, 9.17) is 4.74 Å². The molecule has 0 radical (unpaired) electrons. The van der Waals surface area contributed by atoms with E-state index in [0.29, 0.717) is 0 Å². The third kappa shape index (κ3) is 3.88. The van der Waals surface area contributed by atoms with Crippen molar-refractivity contribution < 1.29 is 28.2 Å². The van der Waals surface area contributed by atoms with Gasteiger partial charge in [0.1, 0.15) is 12.8 Å². The van der Waals surface area contributed by atoms with Gasteiger partial charge in [0, 0.05) is 12.2 Å². The van der Waals surface area contributed by atoms with Crippen molar-refractivity contribution in [1.29, 1.82) is 0 Å². The van der Waals surface area contributed by atoms with Crippen LogP contribution in [0.4, 0.5) is 9.18 Å². The molecular weight excluding hydrogens is 239 g/mol. The first-order chi connectivity index (χ1) is 7.52. The summed E-state index contributed by atoms with van der Waals surface area (Å²) in [6.07, 6.45) is -1.83. The monoisotopic (exact) mass is 252 g/mol. The third-order valence-electron chi connectivity index (χ3n) is 1.95. The maximum Gasteiger partial charge on any atom is 0.508 e. The largest absolute Gasteiger partial charge is 0.508 e. The summed E-state index contributed by atoms with van der Waals surface area (Å²) < 4.78 is 27.1. The van der Waals surface area contributed by atoms with Crippen LogP contribution in [-0.2, 0) is 19.0 Å². The predicted molar refractivity (Wildman–Crippen MR) is 54.8 cm³/mol. The number of esters is 1. The van der Waals surface area contributed by atoms with E-state index < -0.39 is 23.7 Å². The molecule has 1 aliphatic heterocycles. The van der Waals surface area contributed by atoms with Crippen LogP contribution in [0.2, 0.25) is 0 Å². The molecule has 0 aromatic heterocycles. The Labute approximate surface area is 96.6 Å². The lowest BCUT2D eigenvalue weighted by atomic mass is 10.2. The highest BCUT2D eigenvalue weighted by Gasteiger charge is 2.38. The first-order valence-electron chi connectivity index (χ1n) is 4.70. The van der Waals surface area contributed by atoms with Crippen LogP contribution in [0.5, 0.6) is 0 Å². The Bertz CT molecular complexity index is 273. The first-order valence-corrected chi connectivity index (χ1v) is 5.64. The fraction of sp³-hybridized carbons (Fsp3) is 0.778. The van der Waals surface area contributed by atoms with E-state index in [2.05, 4.69) is 9.47 Å². The van der Waals surface area contributed by atoms with Crippen LogP contribution in [0, 0.1) is 0 Å². The molecule has 0 N–H and O–H groups in total. The smallest absolute Gasteiger partial charge is 0.448 e. The van der Waals surface area contributed by atoms with E-state index in [0.717, 1.165) is 11.8 Å². The molecule has 0 bridgehead atoms. The Hall–Kier alpha value is -0.980. The van der Waals surface area contributed by atoms with Crippen LogP contribution < -0.4 is 0 Å². The van der Waals surface area contributed by atoms with Gasteiger partial charge in [0.2, 0.25) is 0 Å². The molecule has 3 unspecified atom stereocenters. The Morgan fingerprint density at radius 3 is 2.75 bits per heavy atom. The van der Waals surface area contributed by atoms with Gasteiger partial charge >= 0.3 is 12.1 Å². The van der Waals surface area contributed by atoms with E-state index in [1.165, 1.54) is 14.0 Å². The number of carbonyl (C=O) groups is 2. The van der Waals surface area contributed by atoms with E-state index >= 15 is 0 Å². The summed E-state index contributed by atoms with van der Waals surface area (Å²) >= 11 is 1.15. The Morgan fingerprint density at radius 1 is 1.50 bits per heavy atom. The molecule has 0 aromatic carbocycles. The second kappa shape index (κ2) is 5.93. The van der Waals surface area contributed by atoms with Gasteiger partial charge < -0.3 is 14.2 Å². The minimum absolute atomic E-state index is 0.0511. The highest BCUT2D eigenvalue weighted by atomic mass is 32.2. The molecule has 0 aliphatic carbocycles. The molecule has 0 amide bonds. The molecular formula is C9H13FO5S. The van der Waals surface area contributed by atoms with Crippen LogP contribution in [0.1, 0.15) is 13.3 Å². The lowest BCUT2D eigenvalue weighted by Crippen LogP contribution is -2.18. The summed E-state index contributed by atoms with van der Waals surface area (Å²) in [5, 5.41) is -0.210. The van der Waals surface area contributed by atoms with Crippen molar-refractivity contribution in [3.63, 3.8) is 0 Å². The molecule has 1 aliphatic rings. The maximum atomic E-state index is 13.3. The van der Waals surface area contributed by atoms with E-state index in [1.807, 2.05) is 0 Å². The molecule has 92 valence electrons. The second-order valence-corrected chi connectivity index (χ2v) is 4.66. The number of ether oxygens (including phenoxy) is 3. The topological polar surface area (TPSA) is 61.8 Å². The van der Waals surface area contributed by atoms with Crippen LogP contribution in [0.3, 0.4) is 0 Å². The Morgan fingerprint density at radius 2 is 2.19 bits per heavy atom. The van der Waals surface area contributed by atoms with Crippen molar-refractivity contribution in [1.82, 2.24) is 0 Å². The highest BCUT2D eigenvalue weighted by molar-refractivity contribution is 8.00. The SMILES string of the molecule is COC(=O)OCC1CC(F)C(OC(C)=O)S1. The molecule has 7 heteroatoms. The number of alkyl halides is 1. The molecule has 0 spiro atoms.